The summed E-state index contributed by atoms with van der Waals surface area (Å²) in [6.45, 7) is 0.532. The van der Waals surface area contributed by atoms with Gasteiger partial charge in [-0.3, -0.25) is 5.10 Å². The molecule has 0 aliphatic rings. The van der Waals surface area contributed by atoms with Crippen molar-refractivity contribution in [3.05, 3.63) is 40.9 Å². The number of halogens is 2. The maximum atomic E-state index is 13.0. The molecule has 0 saturated heterocycles. The molecule has 3 nitrogen and oxygen atoms in total. The Kier molecular flexibility index (Phi) is 3.22. The van der Waals surface area contributed by atoms with Gasteiger partial charge in [-0.1, -0.05) is 17.7 Å². The molecule has 5 heteroatoms. The van der Waals surface area contributed by atoms with Crippen LogP contribution in [0.2, 0.25) is 5.02 Å². The van der Waals surface area contributed by atoms with Crippen LogP contribution in [0.25, 0.3) is 11.1 Å². The summed E-state index contributed by atoms with van der Waals surface area (Å²) in [6, 6.07) is 4.60. The lowest BCUT2D eigenvalue weighted by Crippen LogP contribution is -2.04. The molecule has 0 aliphatic carbocycles. The second-order valence-corrected chi connectivity index (χ2v) is 3.84. The van der Waals surface area contributed by atoms with E-state index in [2.05, 4.69) is 10.2 Å². The first-order chi connectivity index (χ1) is 7.72. The molecule has 0 spiro atoms. The van der Waals surface area contributed by atoms with E-state index in [1.165, 1.54) is 6.07 Å². The molecular formula is C11H11ClFN3. The molecule has 0 fully saturated rings. The third-order valence-electron chi connectivity index (χ3n) is 2.34. The van der Waals surface area contributed by atoms with Gasteiger partial charge in [-0.15, -0.1) is 0 Å². The zero-order valence-corrected chi connectivity index (χ0v) is 9.26. The van der Waals surface area contributed by atoms with Crippen LogP contribution in [0.1, 0.15) is 5.69 Å². The predicted octanol–water partition coefficient (Wildman–Crippen LogP) is 2.37. The SMILES string of the molecule is NCCc1[nH]ncc1-c1ccc(F)c(Cl)c1. The lowest BCUT2D eigenvalue weighted by molar-refractivity contribution is 0.628. The van der Waals surface area contributed by atoms with Gasteiger partial charge in [-0.05, 0) is 24.2 Å². The van der Waals surface area contributed by atoms with E-state index in [1.807, 2.05) is 0 Å². The largest absolute Gasteiger partial charge is 0.330 e. The Morgan fingerprint density at radius 2 is 2.25 bits per heavy atom. The van der Waals surface area contributed by atoms with E-state index >= 15 is 0 Å². The van der Waals surface area contributed by atoms with Crippen molar-refractivity contribution in [3.8, 4) is 11.1 Å². The van der Waals surface area contributed by atoms with Crippen LogP contribution in [0.15, 0.2) is 24.4 Å². The molecule has 1 heterocycles. The average Bonchev–Trinajstić information content (AvgIpc) is 2.71. The summed E-state index contributed by atoms with van der Waals surface area (Å²) in [7, 11) is 0. The third kappa shape index (κ3) is 2.08. The Bertz CT molecular complexity index is 496. The van der Waals surface area contributed by atoms with E-state index in [1.54, 1.807) is 18.3 Å². The van der Waals surface area contributed by atoms with E-state index in [0.29, 0.717) is 13.0 Å². The number of hydrogen-bond donors (Lipinski definition) is 2. The highest BCUT2D eigenvalue weighted by molar-refractivity contribution is 6.31. The first-order valence-electron chi connectivity index (χ1n) is 4.90. The molecule has 1 aromatic heterocycles. The van der Waals surface area contributed by atoms with Crippen molar-refractivity contribution in [2.75, 3.05) is 6.54 Å². The van der Waals surface area contributed by atoms with Gasteiger partial charge in [0.15, 0.2) is 0 Å². The Morgan fingerprint density at radius 1 is 1.44 bits per heavy atom. The molecule has 3 N–H and O–H groups in total. The number of nitrogens with zero attached hydrogens (tertiary/aromatic N) is 1. The first-order valence-corrected chi connectivity index (χ1v) is 5.28. The van der Waals surface area contributed by atoms with Crippen molar-refractivity contribution in [3.63, 3.8) is 0 Å². The summed E-state index contributed by atoms with van der Waals surface area (Å²) in [5.41, 5.74) is 8.17. The maximum Gasteiger partial charge on any atom is 0.141 e. The van der Waals surface area contributed by atoms with E-state index in [0.717, 1.165) is 16.8 Å². The smallest absolute Gasteiger partial charge is 0.141 e. The molecular weight excluding hydrogens is 229 g/mol. The van der Waals surface area contributed by atoms with Crippen molar-refractivity contribution in [2.45, 2.75) is 6.42 Å². The van der Waals surface area contributed by atoms with Crippen molar-refractivity contribution in [2.24, 2.45) is 5.73 Å². The van der Waals surface area contributed by atoms with Gasteiger partial charge in [0.05, 0.1) is 11.2 Å². The van der Waals surface area contributed by atoms with Gasteiger partial charge in [0.2, 0.25) is 0 Å². The highest BCUT2D eigenvalue weighted by Crippen LogP contribution is 2.26. The van der Waals surface area contributed by atoms with Gasteiger partial charge in [0, 0.05) is 17.7 Å². The van der Waals surface area contributed by atoms with Crippen LogP contribution in [0.5, 0.6) is 0 Å². The van der Waals surface area contributed by atoms with Gasteiger partial charge in [0.1, 0.15) is 5.82 Å². The fourth-order valence-corrected chi connectivity index (χ4v) is 1.74. The van der Waals surface area contributed by atoms with Gasteiger partial charge in [-0.2, -0.15) is 5.10 Å². The fourth-order valence-electron chi connectivity index (χ4n) is 1.56. The molecule has 2 aromatic rings. The molecule has 0 unspecified atom stereocenters. The van der Waals surface area contributed by atoms with E-state index in [9.17, 15) is 4.39 Å². The minimum Gasteiger partial charge on any atom is -0.330 e. The number of H-pyrrole nitrogens is 1. The zero-order valence-electron chi connectivity index (χ0n) is 8.50. The van der Waals surface area contributed by atoms with Crippen LogP contribution >= 0.6 is 11.6 Å². The zero-order chi connectivity index (χ0) is 11.5. The summed E-state index contributed by atoms with van der Waals surface area (Å²) in [5, 5.41) is 6.93. The number of benzene rings is 1. The van der Waals surface area contributed by atoms with Crippen LogP contribution in [0, 0.1) is 5.82 Å². The molecule has 0 bridgehead atoms. The molecule has 0 atom stereocenters. The maximum absolute atomic E-state index is 13.0. The standard InChI is InChI=1S/C11H11ClFN3/c12-9-5-7(1-2-10(9)13)8-6-15-16-11(8)3-4-14/h1-2,5-6H,3-4,14H2,(H,15,16). The van der Waals surface area contributed by atoms with Gasteiger partial charge in [-0.25, -0.2) is 4.39 Å². The molecule has 0 saturated carbocycles. The van der Waals surface area contributed by atoms with Crippen LogP contribution in [-0.4, -0.2) is 16.7 Å². The number of aromatic amines is 1. The Labute approximate surface area is 97.4 Å². The highest BCUT2D eigenvalue weighted by Gasteiger charge is 2.09. The lowest BCUT2D eigenvalue weighted by atomic mass is 10.1. The molecule has 0 aliphatic heterocycles. The normalized spacial score (nSPS) is 10.7. The molecule has 2 rings (SSSR count). The average molecular weight is 240 g/mol. The lowest BCUT2D eigenvalue weighted by Gasteiger charge is -2.03. The van der Waals surface area contributed by atoms with E-state index < -0.39 is 5.82 Å². The summed E-state index contributed by atoms with van der Waals surface area (Å²) in [5.74, 6) is -0.422. The number of aromatic nitrogens is 2. The summed E-state index contributed by atoms with van der Waals surface area (Å²) in [6.07, 6.45) is 2.39. The summed E-state index contributed by atoms with van der Waals surface area (Å²) >= 11 is 5.73. The third-order valence-corrected chi connectivity index (χ3v) is 2.63. The minimum atomic E-state index is -0.422. The minimum absolute atomic E-state index is 0.109. The summed E-state index contributed by atoms with van der Waals surface area (Å²) in [4.78, 5) is 0. The number of rotatable bonds is 3. The predicted molar refractivity (Wildman–Crippen MR) is 61.8 cm³/mol. The van der Waals surface area contributed by atoms with Crippen molar-refractivity contribution in [1.82, 2.24) is 10.2 Å². The van der Waals surface area contributed by atoms with Crippen LogP contribution in [0.4, 0.5) is 4.39 Å². The number of nitrogens with one attached hydrogen (secondary N) is 1. The fraction of sp³-hybridized carbons (Fsp3) is 0.182. The quantitative estimate of drug-likeness (QED) is 0.864. The van der Waals surface area contributed by atoms with Crippen molar-refractivity contribution in [1.29, 1.82) is 0 Å². The first kappa shape index (κ1) is 11.1. The van der Waals surface area contributed by atoms with Gasteiger partial charge < -0.3 is 5.73 Å². The monoisotopic (exact) mass is 239 g/mol. The molecule has 16 heavy (non-hydrogen) atoms. The van der Waals surface area contributed by atoms with Crippen LogP contribution in [0.3, 0.4) is 0 Å². The van der Waals surface area contributed by atoms with E-state index in [-0.39, 0.29) is 5.02 Å². The van der Waals surface area contributed by atoms with Crippen LogP contribution < -0.4 is 5.73 Å². The van der Waals surface area contributed by atoms with Gasteiger partial charge in [0.25, 0.3) is 0 Å². The van der Waals surface area contributed by atoms with Gasteiger partial charge >= 0.3 is 0 Å². The Hall–Kier alpha value is -1.39. The second-order valence-electron chi connectivity index (χ2n) is 3.43. The second kappa shape index (κ2) is 4.63. The molecule has 1 aromatic carbocycles. The van der Waals surface area contributed by atoms with Crippen molar-refractivity contribution >= 4 is 11.6 Å². The molecule has 0 amide bonds. The van der Waals surface area contributed by atoms with Crippen molar-refractivity contribution < 1.29 is 4.39 Å². The number of hydrogen-bond acceptors (Lipinski definition) is 2. The topological polar surface area (TPSA) is 54.7 Å². The molecule has 0 radical (unpaired) electrons. The Balaban J connectivity index is 2.42. The number of nitrogens with two attached hydrogens (primary N) is 1. The Morgan fingerprint density at radius 3 is 2.94 bits per heavy atom. The summed E-state index contributed by atoms with van der Waals surface area (Å²) < 4.78 is 13.0. The van der Waals surface area contributed by atoms with E-state index in [4.69, 9.17) is 17.3 Å². The highest BCUT2D eigenvalue weighted by atomic mass is 35.5. The van der Waals surface area contributed by atoms with Crippen LogP contribution in [-0.2, 0) is 6.42 Å². The molecule has 84 valence electrons.